The summed E-state index contributed by atoms with van der Waals surface area (Å²) in [6, 6.07) is 19.6. The molecule has 6 rings (SSSR count). The number of aromatic hydroxyl groups is 1. The molecular formula is C27H33N7O. The van der Waals surface area contributed by atoms with Crippen molar-refractivity contribution in [2.75, 3.05) is 54.8 Å². The van der Waals surface area contributed by atoms with E-state index in [1.165, 1.54) is 24.1 Å². The van der Waals surface area contributed by atoms with E-state index >= 15 is 0 Å². The minimum absolute atomic E-state index is 0.193. The lowest BCUT2D eigenvalue weighted by atomic mass is 10.1. The highest BCUT2D eigenvalue weighted by Gasteiger charge is 2.36. The van der Waals surface area contributed by atoms with Crippen LogP contribution in [0.5, 0.6) is 5.75 Å². The Hall–Kier alpha value is -3.36. The first kappa shape index (κ1) is 22.1. The van der Waals surface area contributed by atoms with Crippen LogP contribution < -0.4 is 20.9 Å². The van der Waals surface area contributed by atoms with Crippen molar-refractivity contribution in [1.29, 1.82) is 0 Å². The first-order valence-corrected chi connectivity index (χ1v) is 12.6. The molecule has 1 aromatic heterocycles. The molecule has 35 heavy (non-hydrogen) atoms. The number of para-hydroxylation sites is 1. The molecule has 2 unspecified atom stereocenters. The van der Waals surface area contributed by atoms with Crippen LogP contribution in [-0.4, -0.2) is 71.6 Å². The Morgan fingerprint density at radius 2 is 1.63 bits per heavy atom. The fourth-order valence-corrected chi connectivity index (χ4v) is 5.85. The zero-order valence-corrected chi connectivity index (χ0v) is 20.0. The van der Waals surface area contributed by atoms with Gasteiger partial charge in [-0.15, -0.1) is 10.2 Å². The van der Waals surface area contributed by atoms with Crippen LogP contribution in [0.4, 0.5) is 17.2 Å². The van der Waals surface area contributed by atoms with Crippen molar-refractivity contribution < 1.29 is 5.11 Å². The van der Waals surface area contributed by atoms with Gasteiger partial charge in [0.15, 0.2) is 5.82 Å². The molecule has 4 N–H and O–H groups in total. The van der Waals surface area contributed by atoms with Crippen molar-refractivity contribution in [1.82, 2.24) is 20.4 Å². The summed E-state index contributed by atoms with van der Waals surface area (Å²) in [5.74, 6) is 0.619. The fourth-order valence-electron chi connectivity index (χ4n) is 5.85. The van der Waals surface area contributed by atoms with Crippen LogP contribution >= 0.6 is 0 Å². The van der Waals surface area contributed by atoms with E-state index in [4.69, 9.17) is 5.73 Å². The molecule has 3 saturated heterocycles. The summed E-state index contributed by atoms with van der Waals surface area (Å²) < 4.78 is 0. The third kappa shape index (κ3) is 4.39. The van der Waals surface area contributed by atoms with E-state index in [2.05, 4.69) is 54.5 Å². The molecular weight excluding hydrogens is 438 g/mol. The smallest absolute Gasteiger partial charge is 0.169 e. The molecule has 3 fully saturated rings. The van der Waals surface area contributed by atoms with Gasteiger partial charge in [0, 0.05) is 69.1 Å². The Labute approximate surface area is 206 Å². The molecule has 0 spiro atoms. The third-order valence-corrected chi connectivity index (χ3v) is 7.71. The van der Waals surface area contributed by atoms with Gasteiger partial charge < -0.3 is 26.0 Å². The molecule has 3 aliphatic rings. The Morgan fingerprint density at radius 3 is 2.34 bits per heavy atom. The van der Waals surface area contributed by atoms with Crippen molar-refractivity contribution >= 4 is 17.2 Å². The summed E-state index contributed by atoms with van der Waals surface area (Å²) >= 11 is 0. The van der Waals surface area contributed by atoms with Crippen molar-refractivity contribution in [3.8, 4) is 17.0 Å². The van der Waals surface area contributed by atoms with Crippen LogP contribution in [-0.2, 0) is 6.54 Å². The third-order valence-electron chi connectivity index (χ3n) is 7.71. The predicted octanol–water partition coefficient (Wildman–Crippen LogP) is 2.69. The molecule has 8 nitrogen and oxygen atoms in total. The number of piperazine rings is 2. The number of phenols is 1. The molecule has 8 heteroatoms. The average molecular weight is 472 g/mol. The van der Waals surface area contributed by atoms with Crippen molar-refractivity contribution in [3.05, 3.63) is 60.2 Å². The quantitative estimate of drug-likeness (QED) is 0.523. The molecule has 3 aliphatic heterocycles. The molecule has 0 saturated carbocycles. The number of aromatic nitrogens is 2. The second kappa shape index (κ2) is 9.36. The monoisotopic (exact) mass is 471 g/mol. The predicted molar refractivity (Wildman–Crippen MR) is 140 cm³/mol. The normalized spacial score (nSPS) is 22.5. The molecule has 2 aromatic carbocycles. The van der Waals surface area contributed by atoms with Gasteiger partial charge in [0.1, 0.15) is 5.75 Å². The number of fused-ring (bicyclic) bond motifs is 2. The lowest BCUT2D eigenvalue weighted by Crippen LogP contribution is -2.52. The summed E-state index contributed by atoms with van der Waals surface area (Å²) in [5.41, 5.74) is 11.1. The molecule has 182 valence electrons. The highest BCUT2D eigenvalue weighted by Crippen LogP contribution is 2.33. The van der Waals surface area contributed by atoms with E-state index in [1.54, 1.807) is 12.1 Å². The van der Waals surface area contributed by atoms with Gasteiger partial charge in [0.25, 0.3) is 0 Å². The maximum atomic E-state index is 10.2. The van der Waals surface area contributed by atoms with Crippen LogP contribution in [0.15, 0.2) is 54.6 Å². The van der Waals surface area contributed by atoms with Crippen molar-refractivity contribution in [2.45, 2.75) is 31.5 Å². The van der Waals surface area contributed by atoms with Crippen LogP contribution in [0.25, 0.3) is 11.3 Å². The van der Waals surface area contributed by atoms with Crippen molar-refractivity contribution in [2.24, 2.45) is 0 Å². The summed E-state index contributed by atoms with van der Waals surface area (Å²) in [6.45, 7) is 6.82. The van der Waals surface area contributed by atoms with Gasteiger partial charge in [-0.05, 0) is 48.7 Å². The lowest BCUT2D eigenvalue weighted by molar-refractivity contribution is 0.250. The van der Waals surface area contributed by atoms with Crippen LogP contribution in [0, 0.1) is 0 Å². The zero-order chi connectivity index (χ0) is 23.8. The number of hydrogen-bond acceptors (Lipinski definition) is 8. The van der Waals surface area contributed by atoms with E-state index in [9.17, 15) is 5.11 Å². The van der Waals surface area contributed by atoms with Crippen LogP contribution in [0.1, 0.15) is 18.4 Å². The highest BCUT2D eigenvalue weighted by atomic mass is 16.3. The Morgan fingerprint density at radius 1 is 0.914 bits per heavy atom. The number of nitrogen functional groups attached to an aromatic ring is 1. The molecule has 4 heterocycles. The summed E-state index contributed by atoms with van der Waals surface area (Å²) in [7, 11) is 0. The van der Waals surface area contributed by atoms with Gasteiger partial charge in [0.2, 0.25) is 0 Å². The molecule has 0 aliphatic carbocycles. The molecule has 0 radical (unpaired) electrons. The van der Waals surface area contributed by atoms with Gasteiger partial charge in [-0.2, -0.15) is 0 Å². The second-order valence-corrected chi connectivity index (χ2v) is 9.90. The summed E-state index contributed by atoms with van der Waals surface area (Å²) in [4.78, 5) is 7.40. The van der Waals surface area contributed by atoms with E-state index in [1.807, 2.05) is 18.2 Å². The number of hydrogen-bond donors (Lipinski definition) is 3. The summed E-state index contributed by atoms with van der Waals surface area (Å²) in [5, 5.41) is 22.2. The minimum atomic E-state index is 0.193. The lowest BCUT2D eigenvalue weighted by Gasteiger charge is -2.38. The highest BCUT2D eigenvalue weighted by molar-refractivity contribution is 5.74. The number of nitrogens with two attached hydrogens (primary N) is 1. The number of nitrogens with one attached hydrogen (secondary N) is 1. The topological polar surface area (TPSA) is 93.8 Å². The number of anilines is 3. The van der Waals surface area contributed by atoms with E-state index in [0.29, 0.717) is 29.2 Å². The van der Waals surface area contributed by atoms with Gasteiger partial charge >= 0.3 is 0 Å². The zero-order valence-electron chi connectivity index (χ0n) is 20.0. The minimum Gasteiger partial charge on any atom is -0.507 e. The van der Waals surface area contributed by atoms with E-state index < -0.39 is 0 Å². The second-order valence-electron chi connectivity index (χ2n) is 9.90. The van der Waals surface area contributed by atoms with E-state index in [-0.39, 0.29) is 5.75 Å². The van der Waals surface area contributed by atoms with Gasteiger partial charge in [-0.1, -0.05) is 24.3 Å². The molecule has 3 aromatic rings. The van der Waals surface area contributed by atoms with Crippen LogP contribution in [0.3, 0.4) is 0 Å². The SMILES string of the molecule is Nc1nnc(-c2ccccc2O)cc1N1CCN(Cc2ccc(N3C4CCC3CNC4)cc2)CC1. The number of phenolic OH excluding ortho intramolecular Hbond substituents is 1. The number of benzene rings is 2. The first-order chi connectivity index (χ1) is 17.2. The standard InChI is InChI=1S/C27H33N7O/c28-27-25(15-24(30-31-27)23-3-1-2-4-26(23)35)33-13-11-32(12-14-33)18-19-5-7-20(8-6-19)34-21-9-10-22(34)17-29-16-21/h1-8,15,21-22,29,35H,9-14,16-18H2,(H2,28,31). The van der Waals surface area contributed by atoms with E-state index in [0.717, 1.165) is 51.5 Å². The molecule has 2 bridgehead atoms. The first-order valence-electron chi connectivity index (χ1n) is 12.6. The van der Waals surface area contributed by atoms with Gasteiger partial charge in [0.05, 0.1) is 11.4 Å². The Bertz CT molecular complexity index is 1160. The van der Waals surface area contributed by atoms with Crippen LogP contribution in [0.2, 0.25) is 0 Å². The largest absolute Gasteiger partial charge is 0.507 e. The molecule has 0 amide bonds. The average Bonchev–Trinajstić information content (AvgIpc) is 3.13. The van der Waals surface area contributed by atoms with Gasteiger partial charge in [-0.3, -0.25) is 4.90 Å². The molecule has 2 atom stereocenters. The number of nitrogens with zero attached hydrogens (tertiary/aromatic N) is 5. The Balaban J connectivity index is 1.09. The Kier molecular flexibility index (Phi) is 5.91. The number of rotatable bonds is 5. The maximum Gasteiger partial charge on any atom is 0.169 e. The maximum absolute atomic E-state index is 10.2. The van der Waals surface area contributed by atoms with Gasteiger partial charge in [-0.25, -0.2) is 0 Å². The summed E-state index contributed by atoms with van der Waals surface area (Å²) in [6.07, 6.45) is 2.60. The fraction of sp³-hybridized carbons (Fsp3) is 0.407. The van der Waals surface area contributed by atoms with Crippen molar-refractivity contribution in [3.63, 3.8) is 0 Å².